The van der Waals surface area contributed by atoms with Crippen LogP contribution < -0.4 is 10.1 Å². The van der Waals surface area contributed by atoms with Crippen LogP contribution in [0.1, 0.15) is 47.6 Å². The van der Waals surface area contributed by atoms with E-state index in [4.69, 9.17) is 9.15 Å². The third kappa shape index (κ3) is 3.93. The Labute approximate surface area is 152 Å². The normalized spacial score (nSPS) is 12.0. The third-order valence-electron chi connectivity index (χ3n) is 4.02. The highest BCUT2D eigenvalue weighted by Gasteiger charge is 2.21. The van der Waals surface area contributed by atoms with E-state index in [-0.39, 0.29) is 24.3 Å². The summed E-state index contributed by atoms with van der Waals surface area (Å²) in [6.45, 7) is 6.70. The molecule has 0 aliphatic carbocycles. The molecule has 0 aliphatic heterocycles. The summed E-state index contributed by atoms with van der Waals surface area (Å²) >= 11 is 0. The minimum atomic E-state index is -0.286. The monoisotopic (exact) mass is 354 g/mol. The first-order chi connectivity index (χ1) is 12.6. The molecule has 0 saturated carbocycles. The summed E-state index contributed by atoms with van der Waals surface area (Å²) in [5.74, 6) is 2.05. The van der Waals surface area contributed by atoms with Gasteiger partial charge in [-0.2, -0.15) is 0 Å². The van der Waals surface area contributed by atoms with Crippen molar-refractivity contribution in [1.82, 2.24) is 20.1 Å². The Bertz CT molecular complexity index is 870. The van der Waals surface area contributed by atoms with E-state index in [9.17, 15) is 4.79 Å². The molecular formula is C19H22N4O3. The van der Waals surface area contributed by atoms with Crippen LogP contribution in [0.3, 0.4) is 0 Å². The van der Waals surface area contributed by atoms with Crippen LogP contribution in [0.2, 0.25) is 0 Å². The number of ether oxygens (including phenoxy) is 1. The van der Waals surface area contributed by atoms with Gasteiger partial charge in [-0.05, 0) is 39.0 Å². The number of aromatic nitrogens is 3. The fraction of sp³-hybridized carbons (Fsp3) is 0.316. The van der Waals surface area contributed by atoms with Gasteiger partial charge in [0.25, 0.3) is 5.91 Å². The molecule has 3 aromatic rings. The van der Waals surface area contributed by atoms with Crippen molar-refractivity contribution in [2.75, 3.05) is 0 Å². The molecule has 26 heavy (non-hydrogen) atoms. The molecule has 0 bridgehead atoms. The Morgan fingerprint density at radius 3 is 2.85 bits per heavy atom. The fourth-order valence-corrected chi connectivity index (χ4v) is 2.69. The summed E-state index contributed by atoms with van der Waals surface area (Å²) in [6.07, 6.45) is 1.65. The van der Waals surface area contributed by atoms with Gasteiger partial charge in [-0.1, -0.05) is 18.2 Å². The van der Waals surface area contributed by atoms with E-state index in [1.165, 1.54) is 0 Å². The number of hydrogen-bond acceptors (Lipinski definition) is 5. The zero-order valence-electron chi connectivity index (χ0n) is 15.1. The highest BCUT2D eigenvalue weighted by molar-refractivity contribution is 5.93. The van der Waals surface area contributed by atoms with Crippen molar-refractivity contribution in [2.24, 2.45) is 0 Å². The van der Waals surface area contributed by atoms with Crippen molar-refractivity contribution in [1.29, 1.82) is 0 Å². The average Bonchev–Trinajstić information content (AvgIpc) is 3.27. The number of para-hydroxylation sites is 1. The molecule has 2 heterocycles. The van der Waals surface area contributed by atoms with E-state index in [1.807, 2.05) is 61.7 Å². The van der Waals surface area contributed by atoms with Crippen LogP contribution in [-0.2, 0) is 13.2 Å². The zero-order chi connectivity index (χ0) is 18.5. The van der Waals surface area contributed by atoms with Gasteiger partial charge in [0.1, 0.15) is 24.4 Å². The molecule has 136 valence electrons. The van der Waals surface area contributed by atoms with Gasteiger partial charge in [0.15, 0.2) is 11.6 Å². The number of rotatable bonds is 7. The maximum atomic E-state index is 12.6. The second-order valence-corrected chi connectivity index (χ2v) is 6.00. The smallest absolute Gasteiger partial charge is 0.287 e. The van der Waals surface area contributed by atoms with Crippen LogP contribution >= 0.6 is 0 Å². The summed E-state index contributed by atoms with van der Waals surface area (Å²) in [5.41, 5.74) is 0.762. The van der Waals surface area contributed by atoms with Crippen molar-refractivity contribution in [3.05, 3.63) is 65.6 Å². The first-order valence-corrected chi connectivity index (χ1v) is 8.54. The van der Waals surface area contributed by atoms with Gasteiger partial charge in [0, 0.05) is 12.1 Å². The molecule has 0 aliphatic rings. The molecule has 1 aromatic carbocycles. The standard InChI is InChI=1S/C19H22N4O3/c1-4-23-12-20-22-18(23)14(3)21-19(24)17-13(2)10-16(26-17)11-25-15-8-6-5-7-9-15/h5-10,12,14H,4,11H2,1-3H3,(H,21,24)/t14-/m0/s1. The number of benzene rings is 1. The lowest BCUT2D eigenvalue weighted by Crippen LogP contribution is -2.28. The quantitative estimate of drug-likeness (QED) is 0.704. The highest BCUT2D eigenvalue weighted by Crippen LogP contribution is 2.19. The molecular weight excluding hydrogens is 332 g/mol. The van der Waals surface area contributed by atoms with Crippen LogP contribution in [0, 0.1) is 6.92 Å². The van der Waals surface area contributed by atoms with E-state index < -0.39 is 0 Å². The van der Waals surface area contributed by atoms with Gasteiger partial charge >= 0.3 is 0 Å². The lowest BCUT2D eigenvalue weighted by molar-refractivity contribution is 0.0904. The van der Waals surface area contributed by atoms with Crippen LogP contribution in [0.15, 0.2) is 47.1 Å². The van der Waals surface area contributed by atoms with E-state index in [0.717, 1.165) is 17.9 Å². The van der Waals surface area contributed by atoms with Gasteiger partial charge < -0.3 is 19.0 Å². The number of aryl methyl sites for hydroxylation is 2. The number of carbonyl (C=O) groups is 1. The van der Waals surface area contributed by atoms with E-state index in [1.54, 1.807) is 6.33 Å². The summed E-state index contributed by atoms with van der Waals surface area (Å²) in [4.78, 5) is 12.6. The fourth-order valence-electron chi connectivity index (χ4n) is 2.69. The Morgan fingerprint density at radius 2 is 2.12 bits per heavy atom. The number of nitrogens with zero attached hydrogens (tertiary/aromatic N) is 3. The zero-order valence-corrected chi connectivity index (χ0v) is 15.1. The van der Waals surface area contributed by atoms with Crippen LogP contribution in [0.25, 0.3) is 0 Å². The lowest BCUT2D eigenvalue weighted by Gasteiger charge is -2.13. The van der Waals surface area contributed by atoms with Gasteiger partial charge in [0.2, 0.25) is 0 Å². The summed E-state index contributed by atoms with van der Waals surface area (Å²) in [6, 6.07) is 11.0. The SMILES string of the molecule is CCn1cnnc1[C@H](C)NC(=O)c1oc(COc2ccccc2)cc1C. The topological polar surface area (TPSA) is 82.2 Å². The van der Waals surface area contributed by atoms with E-state index in [2.05, 4.69) is 15.5 Å². The Balaban J connectivity index is 1.65. The number of amides is 1. The summed E-state index contributed by atoms with van der Waals surface area (Å²) < 4.78 is 13.2. The molecule has 0 spiro atoms. The second-order valence-electron chi connectivity index (χ2n) is 6.00. The van der Waals surface area contributed by atoms with Crippen LogP contribution in [0.5, 0.6) is 5.75 Å². The molecule has 3 rings (SSSR count). The van der Waals surface area contributed by atoms with Crippen molar-refractivity contribution in [3.63, 3.8) is 0 Å². The first kappa shape index (κ1) is 17.7. The predicted molar refractivity (Wildman–Crippen MR) is 95.8 cm³/mol. The Morgan fingerprint density at radius 1 is 1.35 bits per heavy atom. The third-order valence-corrected chi connectivity index (χ3v) is 4.02. The minimum Gasteiger partial charge on any atom is -0.486 e. The van der Waals surface area contributed by atoms with Crippen molar-refractivity contribution >= 4 is 5.91 Å². The maximum absolute atomic E-state index is 12.6. The Hall–Kier alpha value is -3.09. The molecule has 1 N–H and O–H groups in total. The van der Waals surface area contributed by atoms with Gasteiger partial charge in [-0.3, -0.25) is 4.79 Å². The van der Waals surface area contributed by atoms with Gasteiger partial charge in [-0.25, -0.2) is 0 Å². The molecule has 7 nitrogen and oxygen atoms in total. The van der Waals surface area contributed by atoms with Crippen molar-refractivity contribution < 1.29 is 13.9 Å². The second kappa shape index (κ2) is 7.86. The largest absolute Gasteiger partial charge is 0.486 e. The summed E-state index contributed by atoms with van der Waals surface area (Å²) in [7, 11) is 0. The van der Waals surface area contributed by atoms with Crippen LogP contribution in [0.4, 0.5) is 0 Å². The maximum Gasteiger partial charge on any atom is 0.287 e. The highest BCUT2D eigenvalue weighted by atomic mass is 16.5. The van der Waals surface area contributed by atoms with Crippen LogP contribution in [-0.4, -0.2) is 20.7 Å². The van der Waals surface area contributed by atoms with E-state index >= 15 is 0 Å². The van der Waals surface area contributed by atoms with E-state index in [0.29, 0.717) is 11.6 Å². The first-order valence-electron chi connectivity index (χ1n) is 8.54. The molecule has 0 fully saturated rings. The predicted octanol–water partition coefficient (Wildman–Crippen LogP) is 3.27. The average molecular weight is 354 g/mol. The van der Waals surface area contributed by atoms with Gasteiger partial charge in [-0.15, -0.1) is 10.2 Å². The summed E-state index contributed by atoms with van der Waals surface area (Å²) in [5, 5.41) is 10.9. The molecule has 0 radical (unpaired) electrons. The molecule has 1 atom stereocenters. The molecule has 1 amide bonds. The number of nitrogens with one attached hydrogen (secondary N) is 1. The number of carbonyl (C=O) groups excluding carboxylic acids is 1. The molecule has 2 aromatic heterocycles. The number of hydrogen-bond donors (Lipinski definition) is 1. The molecule has 0 saturated heterocycles. The van der Waals surface area contributed by atoms with Gasteiger partial charge in [0.05, 0.1) is 6.04 Å². The lowest BCUT2D eigenvalue weighted by atomic mass is 10.2. The molecule has 0 unspecified atom stereocenters. The Kier molecular flexibility index (Phi) is 5.36. The number of furan rings is 1. The minimum absolute atomic E-state index is 0.262. The van der Waals surface area contributed by atoms with Crippen molar-refractivity contribution in [2.45, 2.75) is 40.0 Å². The van der Waals surface area contributed by atoms with Crippen molar-refractivity contribution in [3.8, 4) is 5.75 Å². The molecule has 7 heteroatoms.